The fourth-order valence-corrected chi connectivity index (χ4v) is 2.77. The zero-order valence-corrected chi connectivity index (χ0v) is 15.0. The Hall–Kier alpha value is -3.00. The zero-order chi connectivity index (χ0) is 18.5. The molecule has 3 rings (SSSR count). The minimum Gasteiger partial charge on any atom is -0.493 e. The van der Waals surface area contributed by atoms with E-state index in [2.05, 4.69) is 15.3 Å². The smallest absolute Gasteiger partial charge is 0.203 e. The summed E-state index contributed by atoms with van der Waals surface area (Å²) in [6, 6.07) is 3.76. The predicted molar refractivity (Wildman–Crippen MR) is 98.3 cm³/mol. The van der Waals surface area contributed by atoms with Gasteiger partial charge in [0.05, 0.1) is 33.2 Å². The highest BCUT2D eigenvalue weighted by atomic mass is 16.5. The van der Waals surface area contributed by atoms with Gasteiger partial charge in [-0.05, 0) is 18.6 Å². The van der Waals surface area contributed by atoms with Crippen molar-refractivity contribution >= 4 is 11.5 Å². The Morgan fingerprint density at radius 2 is 1.81 bits per heavy atom. The topological polar surface area (TPSA) is 90.1 Å². The number of hydrogen-bond acceptors (Lipinski definition) is 7. The summed E-state index contributed by atoms with van der Waals surface area (Å²) >= 11 is 0. The van der Waals surface area contributed by atoms with Crippen LogP contribution in [0, 0.1) is 0 Å². The molecule has 0 aliphatic carbocycles. The van der Waals surface area contributed by atoms with Crippen molar-refractivity contribution in [2.75, 3.05) is 39.8 Å². The molecule has 0 saturated carbocycles. The van der Waals surface area contributed by atoms with E-state index < -0.39 is 0 Å². The second-order valence-corrected chi connectivity index (χ2v) is 5.53. The van der Waals surface area contributed by atoms with Crippen molar-refractivity contribution in [3.63, 3.8) is 0 Å². The number of imidazole rings is 1. The molecule has 1 aromatic carbocycles. The number of hydrogen-bond donors (Lipinski definition) is 2. The molecule has 0 amide bonds. The number of rotatable bonds is 8. The van der Waals surface area contributed by atoms with Crippen LogP contribution in [-0.2, 0) is 0 Å². The molecule has 0 saturated heterocycles. The lowest BCUT2D eigenvalue weighted by molar-refractivity contribution is 0.292. The van der Waals surface area contributed by atoms with Gasteiger partial charge in [-0.25, -0.2) is 9.97 Å². The van der Waals surface area contributed by atoms with Crippen molar-refractivity contribution in [1.82, 2.24) is 14.4 Å². The van der Waals surface area contributed by atoms with Gasteiger partial charge in [0.25, 0.3) is 0 Å². The largest absolute Gasteiger partial charge is 0.493 e. The Bertz CT molecular complexity index is 869. The number of ether oxygens (including phenoxy) is 3. The van der Waals surface area contributed by atoms with Crippen molar-refractivity contribution in [3.8, 4) is 28.5 Å². The molecule has 0 aliphatic heterocycles. The quantitative estimate of drug-likeness (QED) is 0.597. The highest BCUT2D eigenvalue weighted by Crippen LogP contribution is 2.41. The van der Waals surface area contributed by atoms with E-state index in [4.69, 9.17) is 19.3 Å². The zero-order valence-electron chi connectivity index (χ0n) is 15.0. The lowest BCUT2D eigenvalue weighted by atomic mass is 10.1. The molecule has 0 radical (unpaired) electrons. The number of fused-ring (bicyclic) bond motifs is 1. The van der Waals surface area contributed by atoms with Gasteiger partial charge < -0.3 is 24.6 Å². The van der Waals surface area contributed by atoms with Crippen LogP contribution in [0.25, 0.3) is 16.9 Å². The molecule has 2 heterocycles. The van der Waals surface area contributed by atoms with Gasteiger partial charge in [-0.3, -0.25) is 4.40 Å². The van der Waals surface area contributed by atoms with Gasteiger partial charge in [0, 0.05) is 31.1 Å². The van der Waals surface area contributed by atoms with Gasteiger partial charge >= 0.3 is 0 Å². The van der Waals surface area contributed by atoms with Crippen molar-refractivity contribution in [2.24, 2.45) is 0 Å². The Morgan fingerprint density at radius 1 is 1.08 bits per heavy atom. The van der Waals surface area contributed by atoms with Gasteiger partial charge in [0.15, 0.2) is 23.0 Å². The van der Waals surface area contributed by atoms with E-state index in [9.17, 15) is 0 Å². The van der Waals surface area contributed by atoms with Crippen LogP contribution >= 0.6 is 0 Å². The first-order valence-electron chi connectivity index (χ1n) is 8.20. The average Bonchev–Trinajstić information content (AvgIpc) is 3.12. The Morgan fingerprint density at radius 3 is 2.42 bits per heavy atom. The molecule has 0 fully saturated rings. The van der Waals surface area contributed by atoms with Crippen LogP contribution in [-0.4, -0.2) is 54.0 Å². The number of anilines is 1. The highest BCUT2D eigenvalue weighted by molar-refractivity contribution is 5.74. The number of nitrogens with one attached hydrogen (secondary N) is 1. The molecule has 3 aromatic rings. The third kappa shape index (κ3) is 3.23. The van der Waals surface area contributed by atoms with E-state index in [1.54, 1.807) is 33.7 Å². The van der Waals surface area contributed by atoms with E-state index in [0.29, 0.717) is 41.7 Å². The van der Waals surface area contributed by atoms with Crippen LogP contribution in [0.15, 0.2) is 30.7 Å². The Balaban J connectivity index is 2.07. The standard InChI is InChI=1S/C18H22N4O4/c1-24-14-9-12(10-15(25-2)16(14)26-3)13-11-21-18-17(19-5-4-8-23)20-6-7-22(13)18/h6-7,9-11,23H,4-5,8H2,1-3H3,(H,19,20). The molecule has 26 heavy (non-hydrogen) atoms. The summed E-state index contributed by atoms with van der Waals surface area (Å²) in [5.41, 5.74) is 2.44. The fourth-order valence-electron chi connectivity index (χ4n) is 2.77. The summed E-state index contributed by atoms with van der Waals surface area (Å²) in [6.45, 7) is 0.747. The average molecular weight is 358 g/mol. The maximum atomic E-state index is 8.94. The van der Waals surface area contributed by atoms with Gasteiger partial charge in [0.1, 0.15) is 0 Å². The summed E-state index contributed by atoms with van der Waals surface area (Å²) in [7, 11) is 4.75. The first-order chi connectivity index (χ1) is 12.7. The lowest BCUT2D eigenvalue weighted by Crippen LogP contribution is -2.06. The third-order valence-electron chi connectivity index (χ3n) is 4.02. The molecule has 0 spiro atoms. The van der Waals surface area contributed by atoms with Crippen molar-refractivity contribution < 1.29 is 19.3 Å². The van der Waals surface area contributed by atoms with Crippen LogP contribution in [0.5, 0.6) is 17.2 Å². The maximum absolute atomic E-state index is 8.94. The normalized spacial score (nSPS) is 10.8. The van der Waals surface area contributed by atoms with Crippen molar-refractivity contribution in [1.29, 1.82) is 0 Å². The van der Waals surface area contributed by atoms with Crippen LogP contribution in [0.1, 0.15) is 6.42 Å². The van der Waals surface area contributed by atoms with Crippen LogP contribution in [0.2, 0.25) is 0 Å². The second-order valence-electron chi connectivity index (χ2n) is 5.53. The van der Waals surface area contributed by atoms with Crippen molar-refractivity contribution in [2.45, 2.75) is 6.42 Å². The van der Waals surface area contributed by atoms with E-state index in [1.165, 1.54) is 0 Å². The molecule has 138 valence electrons. The number of nitrogens with zero attached hydrogens (tertiary/aromatic N) is 3. The monoisotopic (exact) mass is 358 g/mol. The Kier molecular flexibility index (Phi) is 5.43. The van der Waals surface area contributed by atoms with Gasteiger partial charge in [-0.15, -0.1) is 0 Å². The van der Waals surface area contributed by atoms with Crippen LogP contribution in [0.3, 0.4) is 0 Å². The number of benzene rings is 1. The molecule has 0 atom stereocenters. The highest BCUT2D eigenvalue weighted by Gasteiger charge is 2.17. The van der Waals surface area contributed by atoms with Gasteiger partial charge in [0.2, 0.25) is 5.75 Å². The molecule has 2 aromatic heterocycles. The van der Waals surface area contributed by atoms with Gasteiger partial charge in [-0.2, -0.15) is 0 Å². The fraction of sp³-hybridized carbons (Fsp3) is 0.333. The number of aliphatic hydroxyl groups is 1. The minimum absolute atomic E-state index is 0.126. The second kappa shape index (κ2) is 7.92. The molecule has 8 heteroatoms. The molecule has 0 bridgehead atoms. The minimum atomic E-state index is 0.126. The van der Waals surface area contributed by atoms with E-state index >= 15 is 0 Å². The molecule has 8 nitrogen and oxygen atoms in total. The summed E-state index contributed by atoms with van der Waals surface area (Å²) in [6.07, 6.45) is 5.97. The van der Waals surface area contributed by atoms with Crippen LogP contribution < -0.4 is 19.5 Å². The predicted octanol–water partition coefficient (Wildman–Crippen LogP) is 2.22. The SMILES string of the molecule is COc1cc(-c2cnc3c(NCCCO)nccn23)cc(OC)c1OC. The maximum Gasteiger partial charge on any atom is 0.203 e. The van der Waals surface area contributed by atoms with E-state index in [-0.39, 0.29) is 6.61 Å². The number of aliphatic hydroxyl groups excluding tert-OH is 1. The van der Waals surface area contributed by atoms with E-state index in [0.717, 1.165) is 11.3 Å². The Labute approximate surface area is 151 Å². The lowest BCUT2D eigenvalue weighted by Gasteiger charge is -2.14. The van der Waals surface area contributed by atoms with Gasteiger partial charge in [-0.1, -0.05) is 0 Å². The molecule has 0 aliphatic rings. The van der Waals surface area contributed by atoms with Crippen LogP contribution in [0.4, 0.5) is 5.82 Å². The summed E-state index contributed by atoms with van der Waals surface area (Å²) < 4.78 is 18.2. The number of aromatic nitrogens is 3. The third-order valence-corrected chi connectivity index (χ3v) is 4.02. The van der Waals surface area contributed by atoms with E-state index in [1.807, 2.05) is 22.7 Å². The summed E-state index contributed by atoms with van der Waals surface area (Å²) in [5.74, 6) is 2.36. The number of methoxy groups -OCH3 is 3. The molecular weight excluding hydrogens is 336 g/mol. The summed E-state index contributed by atoms with van der Waals surface area (Å²) in [4.78, 5) is 8.82. The van der Waals surface area contributed by atoms with Crippen molar-refractivity contribution in [3.05, 3.63) is 30.7 Å². The first-order valence-corrected chi connectivity index (χ1v) is 8.20. The first kappa shape index (κ1) is 17.8. The molecule has 0 unspecified atom stereocenters. The molecular formula is C18H22N4O4. The summed E-state index contributed by atoms with van der Waals surface area (Å²) in [5, 5.41) is 12.1. The molecule has 2 N–H and O–H groups in total.